The van der Waals surface area contributed by atoms with Crippen molar-refractivity contribution in [3.05, 3.63) is 59.3 Å². The molecule has 0 atom stereocenters. The number of aromatic nitrogens is 2. The van der Waals surface area contributed by atoms with Crippen molar-refractivity contribution in [2.45, 2.75) is 6.92 Å². The van der Waals surface area contributed by atoms with E-state index < -0.39 is 11.6 Å². The summed E-state index contributed by atoms with van der Waals surface area (Å²) in [6.45, 7) is 1.57. The highest BCUT2D eigenvalue weighted by Gasteiger charge is 2.14. The molecule has 0 saturated carbocycles. The van der Waals surface area contributed by atoms with E-state index >= 15 is 0 Å². The van der Waals surface area contributed by atoms with E-state index in [2.05, 4.69) is 9.97 Å². The van der Waals surface area contributed by atoms with Crippen LogP contribution in [-0.4, -0.2) is 9.97 Å². The molecule has 0 bridgehead atoms. The molecule has 0 spiro atoms. The van der Waals surface area contributed by atoms with Crippen molar-refractivity contribution >= 4 is 11.0 Å². The van der Waals surface area contributed by atoms with Crippen molar-refractivity contribution in [3.63, 3.8) is 0 Å². The van der Waals surface area contributed by atoms with Gasteiger partial charge in [0, 0.05) is 0 Å². The molecule has 1 heterocycles. The fourth-order valence-electron chi connectivity index (χ4n) is 1.98. The third-order valence-corrected chi connectivity index (χ3v) is 3.07. The molecule has 0 fully saturated rings. The normalized spacial score (nSPS) is 10.5. The van der Waals surface area contributed by atoms with Crippen molar-refractivity contribution in [2.24, 2.45) is 0 Å². The van der Waals surface area contributed by atoms with Gasteiger partial charge in [-0.1, -0.05) is 12.1 Å². The Morgan fingerprint density at radius 3 is 2.64 bits per heavy atom. The second-order valence-electron chi connectivity index (χ2n) is 4.55. The second-order valence-corrected chi connectivity index (χ2v) is 4.55. The maximum atomic E-state index is 13.7. The highest BCUT2D eigenvalue weighted by Crippen LogP contribution is 2.27. The average Bonchev–Trinajstić information content (AvgIpc) is 2.53. The second kappa shape index (κ2) is 5.37. The van der Waals surface area contributed by atoms with E-state index in [0.29, 0.717) is 17.0 Å². The van der Waals surface area contributed by atoms with E-state index in [0.717, 1.165) is 6.07 Å². The van der Waals surface area contributed by atoms with Gasteiger partial charge in [0.05, 0.1) is 11.1 Å². The van der Waals surface area contributed by atoms with Crippen molar-refractivity contribution in [1.82, 2.24) is 9.97 Å². The summed E-state index contributed by atoms with van der Waals surface area (Å²) in [6, 6.07) is 11.0. The van der Waals surface area contributed by atoms with Crippen LogP contribution in [0.1, 0.15) is 11.3 Å². The molecular formula is C16H9F2N3O. The highest BCUT2D eigenvalue weighted by atomic mass is 19.2. The lowest BCUT2D eigenvalue weighted by molar-refractivity contribution is 0.455. The number of rotatable bonds is 2. The van der Waals surface area contributed by atoms with E-state index in [1.54, 1.807) is 31.2 Å². The van der Waals surface area contributed by atoms with Crippen LogP contribution in [0.25, 0.3) is 11.0 Å². The van der Waals surface area contributed by atoms with Gasteiger partial charge in [0.15, 0.2) is 11.6 Å². The lowest BCUT2D eigenvalue weighted by atomic mass is 10.2. The lowest BCUT2D eigenvalue weighted by Crippen LogP contribution is -1.99. The topological polar surface area (TPSA) is 58.8 Å². The van der Waals surface area contributed by atoms with Gasteiger partial charge in [-0.3, -0.25) is 0 Å². The summed E-state index contributed by atoms with van der Waals surface area (Å²) in [7, 11) is 0. The minimum absolute atomic E-state index is 0.140. The molecule has 3 rings (SSSR count). The first-order chi connectivity index (χ1) is 10.6. The standard InChI is InChI=1S/C16H9F2N3O/c1-9-16(22-13-5-3-2-4-10(13)8-19)21-12-7-6-11(17)14(18)15(12)20-9/h2-7H,1H3. The molecule has 1 aromatic heterocycles. The van der Waals surface area contributed by atoms with Gasteiger partial charge in [-0.2, -0.15) is 5.26 Å². The lowest BCUT2D eigenvalue weighted by Gasteiger charge is -2.09. The van der Waals surface area contributed by atoms with Crippen LogP contribution >= 0.6 is 0 Å². The third-order valence-electron chi connectivity index (χ3n) is 3.07. The summed E-state index contributed by atoms with van der Waals surface area (Å²) in [5, 5.41) is 9.05. The van der Waals surface area contributed by atoms with Gasteiger partial charge in [0.1, 0.15) is 23.0 Å². The summed E-state index contributed by atoms with van der Waals surface area (Å²) >= 11 is 0. The van der Waals surface area contributed by atoms with Gasteiger partial charge in [0.25, 0.3) is 0 Å². The van der Waals surface area contributed by atoms with Crippen LogP contribution in [0.3, 0.4) is 0 Å². The molecule has 4 nitrogen and oxygen atoms in total. The molecule has 0 aliphatic heterocycles. The summed E-state index contributed by atoms with van der Waals surface area (Å²) in [4.78, 5) is 8.15. The molecule has 22 heavy (non-hydrogen) atoms. The van der Waals surface area contributed by atoms with Crippen LogP contribution in [0.4, 0.5) is 8.78 Å². The molecule has 0 saturated heterocycles. The van der Waals surface area contributed by atoms with Gasteiger partial charge < -0.3 is 4.74 Å². The fraction of sp³-hybridized carbons (Fsp3) is 0.0625. The first kappa shape index (κ1) is 13.9. The number of halogens is 2. The first-order valence-electron chi connectivity index (χ1n) is 6.39. The maximum Gasteiger partial charge on any atom is 0.241 e. The zero-order valence-electron chi connectivity index (χ0n) is 11.5. The number of fused-ring (bicyclic) bond motifs is 1. The zero-order valence-corrected chi connectivity index (χ0v) is 11.5. The Morgan fingerprint density at radius 1 is 1.09 bits per heavy atom. The Bertz CT molecular complexity index is 919. The number of hydrogen-bond donors (Lipinski definition) is 0. The molecule has 0 N–H and O–H groups in total. The molecule has 0 aliphatic rings. The Balaban J connectivity index is 2.11. The molecular weight excluding hydrogens is 288 g/mol. The Labute approximate surface area is 124 Å². The number of para-hydroxylation sites is 1. The van der Waals surface area contributed by atoms with Crippen LogP contribution in [0.5, 0.6) is 11.6 Å². The van der Waals surface area contributed by atoms with Crippen LogP contribution in [-0.2, 0) is 0 Å². The molecule has 0 radical (unpaired) electrons. The quantitative estimate of drug-likeness (QED) is 0.720. The highest BCUT2D eigenvalue weighted by molar-refractivity contribution is 5.75. The van der Waals surface area contributed by atoms with Gasteiger partial charge in [-0.25, -0.2) is 18.7 Å². The Kier molecular flexibility index (Phi) is 3.39. The van der Waals surface area contributed by atoms with Crippen LogP contribution in [0.15, 0.2) is 36.4 Å². The van der Waals surface area contributed by atoms with Crippen molar-refractivity contribution in [2.75, 3.05) is 0 Å². The smallest absolute Gasteiger partial charge is 0.241 e. The molecule has 0 unspecified atom stereocenters. The Hall–Kier alpha value is -3.07. The van der Waals surface area contributed by atoms with Gasteiger partial charge in [-0.15, -0.1) is 0 Å². The Morgan fingerprint density at radius 2 is 1.86 bits per heavy atom. The van der Waals surface area contributed by atoms with E-state index in [9.17, 15) is 8.78 Å². The van der Waals surface area contributed by atoms with Crippen molar-refractivity contribution < 1.29 is 13.5 Å². The molecule has 108 valence electrons. The summed E-state index contributed by atoms with van der Waals surface area (Å²) in [5.74, 6) is -1.56. The molecule has 0 aliphatic carbocycles. The summed E-state index contributed by atoms with van der Waals surface area (Å²) in [6.07, 6.45) is 0. The number of nitrogens with zero attached hydrogens (tertiary/aromatic N) is 3. The number of hydrogen-bond acceptors (Lipinski definition) is 4. The van der Waals surface area contributed by atoms with Gasteiger partial charge in [0.2, 0.25) is 5.88 Å². The minimum Gasteiger partial charge on any atom is -0.436 e. The SMILES string of the molecule is Cc1nc2c(F)c(F)ccc2nc1Oc1ccccc1C#N. The zero-order chi connectivity index (χ0) is 15.7. The van der Waals surface area contributed by atoms with E-state index in [1.807, 2.05) is 6.07 Å². The van der Waals surface area contributed by atoms with Crippen molar-refractivity contribution in [1.29, 1.82) is 5.26 Å². The predicted molar refractivity (Wildman–Crippen MR) is 75.4 cm³/mol. The number of benzene rings is 2. The molecule has 0 amide bonds. The third kappa shape index (κ3) is 2.33. The van der Waals surface area contributed by atoms with Gasteiger partial charge in [-0.05, 0) is 31.2 Å². The number of ether oxygens (including phenoxy) is 1. The molecule has 3 aromatic rings. The van der Waals surface area contributed by atoms with Crippen molar-refractivity contribution in [3.8, 4) is 17.7 Å². The number of nitriles is 1. The molecule has 6 heteroatoms. The largest absolute Gasteiger partial charge is 0.436 e. The van der Waals surface area contributed by atoms with E-state index in [4.69, 9.17) is 10.00 Å². The van der Waals surface area contributed by atoms with E-state index in [-0.39, 0.29) is 16.9 Å². The van der Waals surface area contributed by atoms with Crippen LogP contribution in [0, 0.1) is 29.9 Å². The first-order valence-corrected chi connectivity index (χ1v) is 6.39. The summed E-state index contributed by atoms with van der Waals surface area (Å²) < 4.78 is 32.5. The summed E-state index contributed by atoms with van der Waals surface area (Å²) in [5.41, 5.74) is 0.659. The maximum absolute atomic E-state index is 13.7. The van der Waals surface area contributed by atoms with Gasteiger partial charge >= 0.3 is 0 Å². The number of aryl methyl sites for hydroxylation is 1. The van der Waals surface area contributed by atoms with Crippen LogP contribution in [0.2, 0.25) is 0 Å². The fourth-order valence-corrected chi connectivity index (χ4v) is 1.98. The molecule has 2 aromatic carbocycles. The minimum atomic E-state index is -1.04. The monoisotopic (exact) mass is 297 g/mol. The van der Waals surface area contributed by atoms with E-state index in [1.165, 1.54) is 6.07 Å². The average molecular weight is 297 g/mol. The van der Waals surface area contributed by atoms with Crippen LogP contribution < -0.4 is 4.74 Å². The predicted octanol–water partition coefficient (Wildman–Crippen LogP) is 3.88.